The van der Waals surface area contributed by atoms with Crippen molar-refractivity contribution in [3.8, 4) is 11.5 Å². The van der Waals surface area contributed by atoms with Crippen LogP contribution in [0, 0.1) is 5.92 Å². The van der Waals surface area contributed by atoms with Crippen LogP contribution in [0.5, 0.6) is 11.5 Å². The van der Waals surface area contributed by atoms with Crippen LogP contribution in [0.1, 0.15) is 34.3 Å². The largest absolute Gasteiger partial charge is 0.493 e. The number of hydrogen-bond donors (Lipinski definition) is 2. The number of methoxy groups -OCH3 is 2. The highest BCUT2D eigenvalue weighted by molar-refractivity contribution is 6.04. The van der Waals surface area contributed by atoms with Crippen molar-refractivity contribution < 1.29 is 19.1 Å². The van der Waals surface area contributed by atoms with Gasteiger partial charge in [0, 0.05) is 19.0 Å². The third-order valence-corrected chi connectivity index (χ3v) is 7.81. The number of amides is 2. The number of ether oxygens (including phenoxy) is 2. The lowest BCUT2D eigenvalue weighted by Crippen LogP contribution is -2.38. The van der Waals surface area contributed by atoms with Crippen LogP contribution in [0.3, 0.4) is 0 Å². The molecule has 2 N–H and O–H groups in total. The second-order valence-electron chi connectivity index (χ2n) is 10.4. The number of fused-ring (bicyclic) bond motifs is 1. The number of likely N-dealkylation sites (tertiary alicyclic amines) is 1. The summed E-state index contributed by atoms with van der Waals surface area (Å²) in [5.41, 5.74) is 3.34. The lowest BCUT2D eigenvalue weighted by Gasteiger charge is -2.31. The van der Waals surface area contributed by atoms with Gasteiger partial charge in [0.05, 0.1) is 25.5 Å². The second kappa shape index (κ2) is 13.3. The zero-order valence-electron chi connectivity index (χ0n) is 23.7. The molecule has 41 heavy (non-hydrogen) atoms. The van der Waals surface area contributed by atoms with E-state index in [1.54, 1.807) is 26.4 Å². The summed E-state index contributed by atoms with van der Waals surface area (Å²) in [7, 11) is 3.20. The van der Waals surface area contributed by atoms with E-state index in [0.717, 1.165) is 38.0 Å². The summed E-state index contributed by atoms with van der Waals surface area (Å²) in [4.78, 5) is 28.7. The first-order valence-electron chi connectivity index (χ1n) is 14.1. The molecule has 0 unspecified atom stereocenters. The molecule has 0 aromatic heterocycles. The van der Waals surface area contributed by atoms with Crippen molar-refractivity contribution in [3.63, 3.8) is 0 Å². The van der Waals surface area contributed by atoms with Gasteiger partial charge in [-0.1, -0.05) is 60.7 Å². The number of benzene rings is 4. The van der Waals surface area contributed by atoms with E-state index in [4.69, 9.17) is 9.47 Å². The summed E-state index contributed by atoms with van der Waals surface area (Å²) in [5.74, 6) is 0.996. The monoisotopic (exact) mass is 551 g/mol. The number of hydrogen-bond acceptors (Lipinski definition) is 5. The highest BCUT2D eigenvalue weighted by atomic mass is 16.5. The van der Waals surface area contributed by atoms with Crippen LogP contribution < -0.4 is 20.1 Å². The molecule has 0 radical (unpaired) electrons. The minimum atomic E-state index is -0.216. The standard InChI is InChI=1S/C34H37N3O4/c1-40-31-15-14-24(22-32(31)41-2)16-19-35-34(39)29-12-5-6-13-30(29)36-33(38)26-17-20-37(21-18-26)23-27-10-7-9-25-8-3-4-11-28(25)27/h3-15,22,26H,16-21,23H2,1-2H3,(H,35,39)(H,36,38). The second-order valence-corrected chi connectivity index (χ2v) is 10.4. The van der Waals surface area contributed by atoms with Crippen molar-refractivity contribution in [2.45, 2.75) is 25.8 Å². The smallest absolute Gasteiger partial charge is 0.253 e. The summed E-state index contributed by atoms with van der Waals surface area (Å²) < 4.78 is 10.7. The molecular formula is C34H37N3O4. The van der Waals surface area contributed by atoms with E-state index in [-0.39, 0.29) is 17.7 Å². The van der Waals surface area contributed by atoms with Gasteiger partial charge in [-0.3, -0.25) is 14.5 Å². The Morgan fingerprint density at radius 2 is 1.59 bits per heavy atom. The quantitative estimate of drug-likeness (QED) is 0.265. The third-order valence-electron chi connectivity index (χ3n) is 7.81. The first-order chi connectivity index (χ1) is 20.1. The van der Waals surface area contributed by atoms with Gasteiger partial charge < -0.3 is 20.1 Å². The zero-order valence-corrected chi connectivity index (χ0v) is 23.7. The molecule has 7 nitrogen and oxygen atoms in total. The van der Waals surface area contributed by atoms with Gasteiger partial charge in [-0.15, -0.1) is 0 Å². The van der Waals surface area contributed by atoms with Crippen molar-refractivity contribution in [1.29, 1.82) is 0 Å². The molecule has 1 saturated heterocycles. The van der Waals surface area contributed by atoms with Crippen molar-refractivity contribution in [1.82, 2.24) is 10.2 Å². The van der Waals surface area contributed by atoms with Crippen molar-refractivity contribution >= 4 is 28.3 Å². The predicted octanol–water partition coefficient (Wildman–Crippen LogP) is 5.68. The van der Waals surface area contributed by atoms with E-state index in [0.29, 0.717) is 35.7 Å². The minimum absolute atomic E-state index is 0.0274. The molecule has 0 atom stereocenters. The fourth-order valence-electron chi connectivity index (χ4n) is 5.50. The summed E-state index contributed by atoms with van der Waals surface area (Å²) in [6.45, 7) is 3.05. The highest BCUT2D eigenvalue weighted by Crippen LogP contribution is 2.28. The van der Waals surface area contributed by atoms with Gasteiger partial charge >= 0.3 is 0 Å². The molecule has 2 amide bonds. The molecule has 0 saturated carbocycles. The number of carbonyl (C=O) groups excluding carboxylic acids is 2. The van der Waals surface area contributed by atoms with Gasteiger partial charge in [0.25, 0.3) is 5.91 Å². The lowest BCUT2D eigenvalue weighted by atomic mass is 9.94. The van der Waals surface area contributed by atoms with E-state index in [9.17, 15) is 9.59 Å². The average molecular weight is 552 g/mol. The lowest BCUT2D eigenvalue weighted by molar-refractivity contribution is -0.121. The van der Waals surface area contributed by atoms with Gasteiger partial charge in [-0.25, -0.2) is 0 Å². The summed E-state index contributed by atoms with van der Waals surface area (Å²) in [6, 6.07) is 27.8. The van der Waals surface area contributed by atoms with E-state index in [2.05, 4.69) is 58.0 Å². The molecule has 5 rings (SSSR count). The van der Waals surface area contributed by atoms with Crippen molar-refractivity contribution in [2.75, 3.05) is 39.2 Å². The topological polar surface area (TPSA) is 79.9 Å². The Bertz CT molecular complexity index is 1510. The van der Waals surface area contributed by atoms with Crippen LogP contribution in [0.25, 0.3) is 10.8 Å². The Labute approximate surface area is 241 Å². The number of carbonyl (C=O) groups is 2. The fourth-order valence-corrected chi connectivity index (χ4v) is 5.50. The SMILES string of the molecule is COc1ccc(CCNC(=O)c2ccccc2NC(=O)C2CCN(Cc3cccc4ccccc34)CC2)cc1OC. The first kappa shape index (κ1) is 28.2. The van der Waals surface area contributed by atoms with Crippen LogP contribution in [0.2, 0.25) is 0 Å². The van der Waals surface area contributed by atoms with Crippen LogP contribution in [-0.2, 0) is 17.8 Å². The number of nitrogens with one attached hydrogen (secondary N) is 2. The predicted molar refractivity (Wildman–Crippen MR) is 163 cm³/mol. The van der Waals surface area contributed by atoms with E-state index < -0.39 is 0 Å². The van der Waals surface area contributed by atoms with Crippen LogP contribution in [0.15, 0.2) is 84.9 Å². The Hall–Kier alpha value is -4.36. The van der Waals surface area contributed by atoms with Gasteiger partial charge in [-0.2, -0.15) is 0 Å². The maximum Gasteiger partial charge on any atom is 0.253 e. The zero-order chi connectivity index (χ0) is 28.6. The molecule has 1 fully saturated rings. The summed E-state index contributed by atoms with van der Waals surface area (Å²) in [5, 5.41) is 8.55. The van der Waals surface area contributed by atoms with E-state index in [1.165, 1.54) is 16.3 Å². The molecule has 0 spiro atoms. The number of nitrogens with zero attached hydrogens (tertiary/aromatic N) is 1. The van der Waals surface area contributed by atoms with Crippen LogP contribution in [-0.4, -0.2) is 50.6 Å². The Morgan fingerprint density at radius 3 is 2.39 bits per heavy atom. The van der Waals surface area contributed by atoms with Gasteiger partial charge in [-0.05, 0) is 78.5 Å². The van der Waals surface area contributed by atoms with Crippen LogP contribution >= 0.6 is 0 Å². The Kier molecular flexibility index (Phi) is 9.16. The highest BCUT2D eigenvalue weighted by Gasteiger charge is 2.26. The molecule has 7 heteroatoms. The maximum absolute atomic E-state index is 13.2. The minimum Gasteiger partial charge on any atom is -0.493 e. The Morgan fingerprint density at radius 1 is 0.854 bits per heavy atom. The molecule has 212 valence electrons. The van der Waals surface area contributed by atoms with Gasteiger partial charge in [0.1, 0.15) is 0 Å². The molecule has 0 bridgehead atoms. The van der Waals surface area contributed by atoms with Crippen molar-refractivity contribution in [2.24, 2.45) is 5.92 Å². The molecule has 1 heterocycles. The first-order valence-corrected chi connectivity index (χ1v) is 14.1. The molecule has 1 aliphatic rings. The third kappa shape index (κ3) is 6.87. The van der Waals surface area contributed by atoms with Crippen molar-refractivity contribution in [3.05, 3.63) is 102 Å². The number of para-hydroxylation sites is 1. The molecule has 1 aliphatic heterocycles. The van der Waals surface area contributed by atoms with Gasteiger partial charge in [0.15, 0.2) is 11.5 Å². The van der Waals surface area contributed by atoms with E-state index in [1.807, 2.05) is 30.3 Å². The molecule has 4 aromatic carbocycles. The normalized spacial score (nSPS) is 14.0. The fraction of sp³-hybridized carbons (Fsp3) is 0.294. The van der Waals surface area contributed by atoms with E-state index >= 15 is 0 Å². The number of rotatable bonds is 10. The Balaban J connectivity index is 1.13. The maximum atomic E-state index is 13.2. The molecule has 4 aromatic rings. The number of anilines is 1. The average Bonchev–Trinajstić information content (AvgIpc) is 3.01. The van der Waals surface area contributed by atoms with Crippen LogP contribution in [0.4, 0.5) is 5.69 Å². The number of piperidine rings is 1. The molecular weight excluding hydrogens is 514 g/mol. The summed E-state index contributed by atoms with van der Waals surface area (Å²) in [6.07, 6.45) is 2.21. The molecule has 0 aliphatic carbocycles. The van der Waals surface area contributed by atoms with Gasteiger partial charge in [0.2, 0.25) is 5.91 Å². The summed E-state index contributed by atoms with van der Waals surface area (Å²) >= 11 is 0.